The number of aliphatic hydroxyl groups excluding tert-OH is 1. The van der Waals surface area contributed by atoms with Crippen LogP contribution in [0.15, 0.2) is 121 Å². The Morgan fingerprint density at radius 3 is 1.42 bits per heavy atom. The highest BCUT2D eigenvalue weighted by Gasteiger charge is 2.54. The molecule has 2 heterocycles. The zero-order chi connectivity index (χ0) is 68.4. The van der Waals surface area contributed by atoms with E-state index in [1.165, 1.54) is 83.5 Å². The van der Waals surface area contributed by atoms with Gasteiger partial charge in [-0.2, -0.15) is 0 Å². The van der Waals surface area contributed by atoms with Crippen molar-refractivity contribution in [2.24, 2.45) is 0 Å². The van der Waals surface area contributed by atoms with Crippen molar-refractivity contribution in [3.63, 3.8) is 0 Å². The minimum Gasteiger partial charge on any atom is -0.462 e. The Morgan fingerprint density at radius 2 is 0.917 bits per heavy atom. The molecule has 96 heavy (non-hydrogen) atoms. The topological polar surface area (TPSA) is 214 Å². The summed E-state index contributed by atoms with van der Waals surface area (Å²) >= 11 is 18.1. The number of hydrogen-bond acceptors (Lipinski definition) is 16. The standard InChI is InChI=1S/C75H107Cl3N2O16/c1-4-6-8-10-12-14-16-18-20-22-36-46-63(81)87-52-61(94-64(82)47-37-23-21-19-17-15-13-11-9-7-5-2)53-90-72-70(89-50-59-42-32-26-33-43-59)69(68(88-49-58-40-30-25-31-41-58)62(95-72)54-86-48-57-38-28-24-29-39-57)96-71-66(80-74(85)92-55-75(76,77)78)67(83)65(56(3)93-71)79-73(84)91-51-60-44-34-27-35-45-60/h24-35,38-45,56,61-62,65-72,83H,4-23,36-37,46-55H2,1-3H3,(H,79,84)(H,80,85)/t56-,61-,62-,65+,66-,67+,68-,69+,70-,71+,72+/m1/s1. The van der Waals surface area contributed by atoms with Crippen LogP contribution in [0.4, 0.5) is 9.59 Å². The lowest BCUT2D eigenvalue weighted by Crippen LogP contribution is -2.70. The zero-order valence-electron chi connectivity index (χ0n) is 56.7. The molecule has 2 aliphatic rings. The number of aliphatic hydroxyl groups is 1. The number of carbonyl (C=O) groups is 4. The Kier molecular flexibility index (Phi) is 39.2. The van der Waals surface area contributed by atoms with Gasteiger partial charge in [-0.05, 0) is 42.0 Å². The highest BCUT2D eigenvalue weighted by Crippen LogP contribution is 2.35. The molecule has 4 aromatic rings. The quantitative estimate of drug-likeness (QED) is 0.0162. The van der Waals surface area contributed by atoms with Crippen molar-refractivity contribution in [1.82, 2.24) is 10.6 Å². The van der Waals surface area contributed by atoms with Gasteiger partial charge < -0.3 is 67.8 Å². The van der Waals surface area contributed by atoms with Crippen molar-refractivity contribution in [1.29, 1.82) is 0 Å². The number of hydrogen-bond donors (Lipinski definition) is 3. The SMILES string of the molecule is CCCCCCCCCCCCCC(=O)OC[C@H](CO[C@H]1O[C@H](COCc2ccccc2)[C@@H](OCc2ccccc2)[C@H](O[C@@H]2O[C@H](C)[C@H](NC(=O)OCc3ccccc3)[C@H](O)[C@H]2NC(=O)OCC(Cl)(Cl)Cl)[C@H]1OCc1ccccc1)OC(=O)CCCCCCCCCCCCC. The van der Waals surface area contributed by atoms with Crippen molar-refractivity contribution >= 4 is 58.9 Å². The summed E-state index contributed by atoms with van der Waals surface area (Å²) < 4.78 is 68.9. The Hall–Kier alpha value is -5.09. The van der Waals surface area contributed by atoms with E-state index in [0.29, 0.717) is 12.8 Å². The maximum Gasteiger partial charge on any atom is 0.407 e. The molecule has 4 aromatic carbocycles. The summed E-state index contributed by atoms with van der Waals surface area (Å²) in [6.07, 6.45) is 11.7. The van der Waals surface area contributed by atoms with Crippen molar-refractivity contribution in [2.75, 3.05) is 26.4 Å². The molecule has 0 unspecified atom stereocenters. The molecule has 2 aliphatic heterocycles. The lowest BCUT2D eigenvalue weighted by atomic mass is 9.94. The predicted molar refractivity (Wildman–Crippen MR) is 371 cm³/mol. The molecule has 2 fully saturated rings. The first-order valence-corrected chi connectivity index (χ1v) is 36.3. The predicted octanol–water partition coefficient (Wildman–Crippen LogP) is 16.2. The van der Waals surface area contributed by atoms with E-state index in [0.717, 1.165) is 67.2 Å². The first-order valence-electron chi connectivity index (χ1n) is 35.2. The normalized spacial score (nSPS) is 21.4. The second-order valence-corrected chi connectivity index (χ2v) is 27.7. The fourth-order valence-corrected chi connectivity index (χ4v) is 11.8. The van der Waals surface area contributed by atoms with Crippen LogP contribution in [0.25, 0.3) is 0 Å². The number of halogens is 3. The fraction of sp³-hybridized carbons (Fsp3) is 0.627. The largest absolute Gasteiger partial charge is 0.462 e. The van der Waals surface area contributed by atoms with Crippen LogP contribution in [0, 0.1) is 0 Å². The van der Waals surface area contributed by atoms with Crippen LogP contribution in [-0.2, 0) is 88.1 Å². The van der Waals surface area contributed by atoms with E-state index in [1.54, 1.807) is 19.1 Å². The highest BCUT2D eigenvalue weighted by molar-refractivity contribution is 6.67. The molecule has 0 radical (unpaired) electrons. The van der Waals surface area contributed by atoms with Crippen molar-refractivity contribution in [2.45, 2.75) is 272 Å². The van der Waals surface area contributed by atoms with Crippen molar-refractivity contribution in [3.8, 4) is 0 Å². The Labute approximate surface area is 585 Å². The first-order chi connectivity index (χ1) is 46.7. The molecule has 0 saturated carbocycles. The average molecular weight is 1400 g/mol. The van der Waals surface area contributed by atoms with Crippen LogP contribution < -0.4 is 10.6 Å². The van der Waals surface area contributed by atoms with Gasteiger partial charge in [-0.3, -0.25) is 9.59 Å². The molecule has 18 nitrogen and oxygen atoms in total. The number of carbonyl (C=O) groups excluding carboxylic acids is 4. The first kappa shape index (κ1) is 79.9. The third-order valence-corrected chi connectivity index (χ3v) is 17.3. The molecule has 2 amide bonds. The van der Waals surface area contributed by atoms with Gasteiger partial charge in [0.05, 0.1) is 45.2 Å². The van der Waals surface area contributed by atoms with E-state index in [9.17, 15) is 24.3 Å². The van der Waals surface area contributed by atoms with Gasteiger partial charge in [0.2, 0.25) is 3.79 Å². The molecule has 0 aliphatic carbocycles. The van der Waals surface area contributed by atoms with Crippen LogP contribution in [0.5, 0.6) is 0 Å². The van der Waals surface area contributed by atoms with Crippen LogP contribution in [0.2, 0.25) is 0 Å². The number of rotatable bonds is 47. The van der Waals surface area contributed by atoms with Crippen molar-refractivity contribution < 1.29 is 76.4 Å². The van der Waals surface area contributed by atoms with E-state index in [4.69, 9.17) is 86.9 Å². The van der Waals surface area contributed by atoms with Gasteiger partial charge in [0, 0.05) is 12.8 Å². The number of nitrogens with one attached hydrogen (secondary N) is 2. The zero-order valence-corrected chi connectivity index (χ0v) is 59.0. The van der Waals surface area contributed by atoms with E-state index in [-0.39, 0.29) is 59.1 Å². The lowest BCUT2D eigenvalue weighted by Gasteiger charge is -2.49. The molecular weight excluding hydrogens is 1290 g/mol. The van der Waals surface area contributed by atoms with Crippen LogP contribution in [0.3, 0.4) is 0 Å². The summed E-state index contributed by atoms with van der Waals surface area (Å²) in [6, 6.07) is 34.8. The molecule has 0 aromatic heterocycles. The summed E-state index contributed by atoms with van der Waals surface area (Å²) in [5.41, 5.74) is 3.18. The Bertz CT molecular complexity index is 2710. The number of unbranched alkanes of at least 4 members (excludes halogenated alkanes) is 20. The number of benzene rings is 4. The van der Waals surface area contributed by atoms with E-state index in [2.05, 4.69) is 24.5 Å². The second kappa shape index (κ2) is 47.0. The number of alkyl halides is 3. The Balaban J connectivity index is 1.30. The molecule has 0 spiro atoms. The second-order valence-electron chi connectivity index (χ2n) is 25.2. The minimum atomic E-state index is -2.01. The average Bonchev–Trinajstić information content (AvgIpc) is 0.776. The van der Waals surface area contributed by atoms with Crippen LogP contribution in [0.1, 0.15) is 197 Å². The molecule has 534 valence electrons. The maximum atomic E-state index is 13.9. The van der Waals surface area contributed by atoms with Gasteiger partial charge in [0.25, 0.3) is 0 Å². The van der Waals surface area contributed by atoms with Gasteiger partial charge in [-0.15, -0.1) is 0 Å². The molecule has 2 saturated heterocycles. The third-order valence-electron chi connectivity index (χ3n) is 17.0. The fourth-order valence-electron chi connectivity index (χ4n) is 11.7. The van der Waals surface area contributed by atoms with E-state index < -0.39 is 102 Å². The maximum absolute atomic E-state index is 13.9. The molecule has 6 rings (SSSR count). The molecular formula is C75H107Cl3N2O16. The number of amides is 2. The van der Waals surface area contributed by atoms with E-state index in [1.807, 2.05) is 109 Å². The minimum absolute atomic E-state index is 0.0180. The molecule has 0 bridgehead atoms. The smallest absolute Gasteiger partial charge is 0.407 e. The van der Waals surface area contributed by atoms with Gasteiger partial charge in [0.1, 0.15) is 56.4 Å². The summed E-state index contributed by atoms with van der Waals surface area (Å²) in [7, 11) is 0. The van der Waals surface area contributed by atoms with Crippen LogP contribution in [-0.4, -0.2) is 127 Å². The van der Waals surface area contributed by atoms with Crippen LogP contribution >= 0.6 is 34.8 Å². The highest BCUT2D eigenvalue weighted by atomic mass is 35.6. The molecule has 3 N–H and O–H groups in total. The monoisotopic (exact) mass is 1400 g/mol. The Morgan fingerprint density at radius 1 is 0.479 bits per heavy atom. The molecule has 21 heteroatoms. The summed E-state index contributed by atoms with van der Waals surface area (Å²) in [6.45, 7) is 4.80. The summed E-state index contributed by atoms with van der Waals surface area (Å²) in [5.74, 6) is -0.877. The van der Waals surface area contributed by atoms with Gasteiger partial charge in [-0.25, -0.2) is 9.59 Å². The summed E-state index contributed by atoms with van der Waals surface area (Å²) in [5, 5.41) is 17.8. The number of ether oxygens (including phenoxy) is 11. The summed E-state index contributed by atoms with van der Waals surface area (Å²) in [4.78, 5) is 54.7. The number of esters is 2. The van der Waals surface area contributed by atoms with Gasteiger partial charge >= 0.3 is 24.1 Å². The van der Waals surface area contributed by atoms with Gasteiger partial charge in [-0.1, -0.05) is 298 Å². The number of alkyl carbamates (subject to hydrolysis) is 2. The van der Waals surface area contributed by atoms with E-state index >= 15 is 0 Å². The third kappa shape index (κ3) is 32.3. The van der Waals surface area contributed by atoms with Gasteiger partial charge in [0.15, 0.2) is 18.7 Å². The van der Waals surface area contributed by atoms with Crippen molar-refractivity contribution in [3.05, 3.63) is 144 Å². The lowest BCUT2D eigenvalue weighted by molar-refractivity contribution is -0.356. The molecule has 11 atom stereocenters.